The van der Waals surface area contributed by atoms with Crippen molar-refractivity contribution < 1.29 is 23.1 Å². The third kappa shape index (κ3) is 6.61. The van der Waals surface area contributed by atoms with Gasteiger partial charge in [0.15, 0.2) is 0 Å². The van der Waals surface area contributed by atoms with Gasteiger partial charge in [0.1, 0.15) is 17.4 Å². The van der Waals surface area contributed by atoms with Gasteiger partial charge in [-0.15, -0.1) is 0 Å². The van der Waals surface area contributed by atoms with Crippen LogP contribution in [0.5, 0.6) is 11.6 Å². The van der Waals surface area contributed by atoms with Crippen molar-refractivity contribution in [2.24, 2.45) is 0 Å². The van der Waals surface area contributed by atoms with Crippen LogP contribution in [0.4, 0.5) is 25.0 Å². The number of carbonyl (C=O) groups is 2. The van der Waals surface area contributed by atoms with Crippen LogP contribution in [0.1, 0.15) is 15.9 Å². The van der Waals surface area contributed by atoms with Gasteiger partial charge in [-0.2, -0.15) is 0 Å². The number of aromatic nitrogens is 1. The molecule has 1 heterocycles. The van der Waals surface area contributed by atoms with Crippen molar-refractivity contribution >= 4 is 23.3 Å². The standard InChI is InChI=1S/C26H20F2N4O3/c27-19-7-2-10-22(14-19)31-24(33)17-5-1-9-21(13-17)32-26(34)30-16-18-6-4-12-29-25(18)35-23-11-3-8-20(28)15-23/h1-15H,16H2,(H,31,33)(H2,30,32,34). The van der Waals surface area contributed by atoms with Gasteiger partial charge >= 0.3 is 6.03 Å². The summed E-state index contributed by atoms with van der Waals surface area (Å²) in [6, 6.07) is 20.4. The molecule has 9 heteroatoms. The molecule has 4 aromatic rings. The fourth-order valence-corrected chi connectivity index (χ4v) is 3.15. The number of anilines is 2. The molecule has 0 aliphatic heterocycles. The summed E-state index contributed by atoms with van der Waals surface area (Å²) in [6.45, 7) is 0.0874. The van der Waals surface area contributed by atoms with Crippen LogP contribution in [0.3, 0.4) is 0 Å². The Bertz CT molecular complexity index is 1360. The van der Waals surface area contributed by atoms with Crippen molar-refractivity contribution in [1.82, 2.24) is 10.3 Å². The van der Waals surface area contributed by atoms with E-state index in [4.69, 9.17) is 4.74 Å². The minimum absolute atomic E-state index is 0.0874. The Balaban J connectivity index is 1.36. The molecule has 3 amide bonds. The number of hydrogen-bond acceptors (Lipinski definition) is 4. The van der Waals surface area contributed by atoms with Gasteiger partial charge in [-0.05, 0) is 54.6 Å². The predicted molar refractivity (Wildman–Crippen MR) is 127 cm³/mol. The zero-order valence-electron chi connectivity index (χ0n) is 18.3. The van der Waals surface area contributed by atoms with Crippen LogP contribution in [0.15, 0.2) is 91.1 Å². The summed E-state index contributed by atoms with van der Waals surface area (Å²) in [5.74, 6) is -0.844. The fraction of sp³-hybridized carbons (Fsp3) is 0.0385. The summed E-state index contributed by atoms with van der Waals surface area (Å²) in [6.07, 6.45) is 1.53. The average molecular weight is 474 g/mol. The molecule has 7 nitrogen and oxygen atoms in total. The van der Waals surface area contributed by atoms with E-state index in [1.165, 1.54) is 48.7 Å². The fourth-order valence-electron chi connectivity index (χ4n) is 3.15. The topological polar surface area (TPSA) is 92.3 Å². The normalized spacial score (nSPS) is 10.3. The predicted octanol–water partition coefficient (Wildman–Crippen LogP) is 5.73. The highest BCUT2D eigenvalue weighted by molar-refractivity contribution is 6.05. The summed E-state index contributed by atoms with van der Waals surface area (Å²) < 4.78 is 32.4. The number of amides is 3. The Morgan fingerprint density at radius 1 is 0.800 bits per heavy atom. The number of benzene rings is 3. The van der Waals surface area contributed by atoms with Gasteiger partial charge in [-0.1, -0.05) is 24.3 Å². The van der Waals surface area contributed by atoms with E-state index in [0.717, 1.165) is 0 Å². The van der Waals surface area contributed by atoms with Crippen LogP contribution < -0.4 is 20.7 Å². The first kappa shape index (κ1) is 23.4. The molecule has 0 radical (unpaired) electrons. The van der Waals surface area contributed by atoms with Crippen molar-refractivity contribution in [1.29, 1.82) is 0 Å². The maximum absolute atomic E-state index is 13.4. The Hall–Kier alpha value is -4.79. The van der Waals surface area contributed by atoms with E-state index in [9.17, 15) is 18.4 Å². The first-order valence-corrected chi connectivity index (χ1v) is 10.6. The number of halogens is 2. The van der Waals surface area contributed by atoms with Crippen LogP contribution in [0.2, 0.25) is 0 Å². The molecule has 0 unspecified atom stereocenters. The molecule has 0 aliphatic carbocycles. The molecule has 176 valence electrons. The first-order valence-electron chi connectivity index (χ1n) is 10.6. The summed E-state index contributed by atoms with van der Waals surface area (Å²) in [5, 5.41) is 7.95. The lowest BCUT2D eigenvalue weighted by molar-refractivity contribution is 0.102. The first-order chi connectivity index (χ1) is 17.0. The molecule has 0 atom stereocenters. The van der Waals surface area contributed by atoms with E-state index in [2.05, 4.69) is 20.9 Å². The molecule has 0 fully saturated rings. The number of pyridine rings is 1. The quantitative estimate of drug-likeness (QED) is 0.319. The molecule has 0 bridgehead atoms. The monoisotopic (exact) mass is 474 g/mol. The zero-order valence-corrected chi connectivity index (χ0v) is 18.3. The Morgan fingerprint density at radius 3 is 2.29 bits per heavy atom. The molecule has 35 heavy (non-hydrogen) atoms. The van der Waals surface area contributed by atoms with E-state index in [1.54, 1.807) is 42.5 Å². The molecule has 3 aromatic carbocycles. The van der Waals surface area contributed by atoms with Crippen LogP contribution in [-0.2, 0) is 6.54 Å². The number of nitrogens with zero attached hydrogens (tertiary/aromatic N) is 1. The Morgan fingerprint density at radius 2 is 1.51 bits per heavy atom. The number of rotatable bonds is 7. The largest absolute Gasteiger partial charge is 0.439 e. The van der Waals surface area contributed by atoms with E-state index in [1.807, 2.05) is 0 Å². The minimum Gasteiger partial charge on any atom is -0.439 e. The molecule has 0 spiro atoms. The molecule has 3 N–H and O–H groups in total. The molecular weight excluding hydrogens is 454 g/mol. The van der Waals surface area contributed by atoms with Crippen LogP contribution in [-0.4, -0.2) is 16.9 Å². The van der Waals surface area contributed by atoms with Gasteiger partial charge in [0, 0.05) is 41.3 Å². The lowest BCUT2D eigenvalue weighted by atomic mass is 10.2. The van der Waals surface area contributed by atoms with Gasteiger partial charge in [-0.3, -0.25) is 4.79 Å². The summed E-state index contributed by atoms with van der Waals surface area (Å²) in [5.41, 5.74) is 1.57. The lowest BCUT2D eigenvalue weighted by Crippen LogP contribution is -2.28. The average Bonchev–Trinajstić information content (AvgIpc) is 2.84. The highest BCUT2D eigenvalue weighted by atomic mass is 19.1. The second kappa shape index (κ2) is 10.9. The number of ether oxygens (including phenoxy) is 1. The molecular formula is C26H20F2N4O3. The number of nitrogens with one attached hydrogen (secondary N) is 3. The second-order valence-electron chi connectivity index (χ2n) is 7.38. The van der Waals surface area contributed by atoms with Crippen LogP contribution in [0, 0.1) is 11.6 Å². The second-order valence-corrected chi connectivity index (χ2v) is 7.38. The van der Waals surface area contributed by atoms with E-state index in [0.29, 0.717) is 16.9 Å². The van der Waals surface area contributed by atoms with E-state index < -0.39 is 23.6 Å². The van der Waals surface area contributed by atoms with E-state index >= 15 is 0 Å². The molecule has 0 saturated carbocycles. The Labute approximate surface area is 199 Å². The van der Waals surface area contributed by atoms with Crippen LogP contribution in [0.25, 0.3) is 0 Å². The van der Waals surface area contributed by atoms with E-state index in [-0.39, 0.29) is 23.7 Å². The highest BCUT2D eigenvalue weighted by Crippen LogP contribution is 2.23. The number of hydrogen-bond donors (Lipinski definition) is 3. The van der Waals surface area contributed by atoms with Gasteiger partial charge in [-0.25, -0.2) is 18.6 Å². The molecule has 0 saturated heterocycles. The summed E-state index contributed by atoms with van der Waals surface area (Å²) >= 11 is 0. The van der Waals surface area contributed by atoms with Crippen LogP contribution >= 0.6 is 0 Å². The summed E-state index contributed by atoms with van der Waals surface area (Å²) in [4.78, 5) is 29.1. The third-order valence-electron chi connectivity index (χ3n) is 4.77. The maximum Gasteiger partial charge on any atom is 0.319 e. The maximum atomic E-state index is 13.4. The molecule has 0 aliphatic rings. The SMILES string of the molecule is O=C(NCc1cccnc1Oc1cccc(F)c1)Nc1cccc(C(=O)Nc2cccc(F)c2)c1. The molecule has 1 aromatic heterocycles. The van der Waals surface area contributed by atoms with Gasteiger partial charge in [0.25, 0.3) is 5.91 Å². The van der Waals surface area contributed by atoms with Crippen molar-refractivity contribution in [2.45, 2.75) is 6.54 Å². The number of urea groups is 1. The highest BCUT2D eigenvalue weighted by Gasteiger charge is 2.11. The third-order valence-corrected chi connectivity index (χ3v) is 4.77. The van der Waals surface area contributed by atoms with Crippen molar-refractivity contribution in [3.63, 3.8) is 0 Å². The lowest BCUT2D eigenvalue weighted by Gasteiger charge is -2.12. The molecule has 4 rings (SSSR count). The number of carbonyl (C=O) groups excluding carboxylic acids is 2. The smallest absolute Gasteiger partial charge is 0.319 e. The van der Waals surface area contributed by atoms with Crippen molar-refractivity contribution in [3.05, 3.63) is 114 Å². The van der Waals surface area contributed by atoms with Gasteiger partial charge < -0.3 is 20.7 Å². The zero-order chi connectivity index (χ0) is 24.6. The van der Waals surface area contributed by atoms with Gasteiger partial charge in [0.2, 0.25) is 5.88 Å². The Kier molecular flexibility index (Phi) is 7.27. The van der Waals surface area contributed by atoms with Gasteiger partial charge in [0.05, 0.1) is 0 Å². The van der Waals surface area contributed by atoms with Crippen molar-refractivity contribution in [2.75, 3.05) is 10.6 Å². The minimum atomic E-state index is -0.520. The van der Waals surface area contributed by atoms with Crippen molar-refractivity contribution in [3.8, 4) is 11.6 Å². The summed E-state index contributed by atoms with van der Waals surface area (Å²) in [7, 11) is 0.